The van der Waals surface area contributed by atoms with Gasteiger partial charge in [-0.1, -0.05) is 12.1 Å². The van der Waals surface area contributed by atoms with E-state index in [1.807, 2.05) is 4.90 Å². The molecule has 1 aromatic rings. The summed E-state index contributed by atoms with van der Waals surface area (Å²) in [6.07, 6.45) is 0. The SMILES string of the molecule is N[C@@H](CO)c1cccc(F)c1N1CCOCC1. The van der Waals surface area contributed by atoms with Crippen LogP contribution in [0, 0.1) is 5.82 Å². The van der Waals surface area contributed by atoms with E-state index in [0.29, 0.717) is 37.6 Å². The number of morpholine rings is 1. The fraction of sp³-hybridized carbons (Fsp3) is 0.500. The Morgan fingerprint density at radius 1 is 1.41 bits per heavy atom. The third-order valence-corrected chi connectivity index (χ3v) is 2.94. The smallest absolute Gasteiger partial charge is 0.146 e. The fourth-order valence-corrected chi connectivity index (χ4v) is 2.05. The van der Waals surface area contributed by atoms with E-state index in [1.165, 1.54) is 6.07 Å². The Hall–Kier alpha value is -1.17. The molecule has 0 unspecified atom stereocenters. The van der Waals surface area contributed by atoms with Crippen molar-refractivity contribution in [3.05, 3.63) is 29.6 Å². The van der Waals surface area contributed by atoms with Crippen LogP contribution < -0.4 is 10.6 Å². The number of hydrogen-bond donors (Lipinski definition) is 2. The number of para-hydroxylation sites is 1. The van der Waals surface area contributed by atoms with Crippen LogP contribution >= 0.6 is 0 Å². The molecule has 1 heterocycles. The summed E-state index contributed by atoms with van der Waals surface area (Å²) < 4.78 is 19.2. The second-order valence-electron chi connectivity index (χ2n) is 4.07. The van der Waals surface area contributed by atoms with Gasteiger partial charge in [-0.15, -0.1) is 0 Å². The maximum atomic E-state index is 13.9. The number of anilines is 1. The van der Waals surface area contributed by atoms with Crippen LogP contribution in [-0.4, -0.2) is 38.0 Å². The number of hydrogen-bond acceptors (Lipinski definition) is 4. The molecule has 94 valence electrons. The molecule has 0 saturated carbocycles. The lowest BCUT2D eigenvalue weighted by Crippen LogP contribution is -2.38. The van der Waals surface area contributed by atoms with Crippen molar-refractivity contribution in [2.75, 3.05) is 37.8 Å². The molecule has 0 aliphatic carbocycles. The van der Waals surface area contributed by atoms with Gasteiger partial charge in [-0.05, 0) is 11.6 Å². The number of nitrogens with zero attached hydrogens (tertiary/aromatic N) is 1. The zero-order chi connectivity index (χ0) is 12.3. The second-order valence-corrected chi connectivity index (χ2v) is 4.07. The first-order valence-corrected chi connectivity index (χ1v) is 5.71. The summed E-state index contributed by atoms with van der Waals surface area (Å²) in [7, 11) is 0. The van der Waals surface area contributed by atoms with E-state index in [9.17, 15) is 4.39 Å². The molecule has 0 aromatic heterocycles. The highest BCUT2D eigenvalue weighted by molar-refractivity contribution is 5.56. The molecule has 0 bridgehead atoms. The largest absolute Gasteiger partial charge is 0.394 e. The topological polar surface area (TPSA) is 58.7 Å². The number of ether oxygens (including phenoxy) is 1. The van der Waals surface area contributed by atoms with Gasteiger partial charge in [0, 0.05) is 13.1 Å². The lowest BCUT2D eigenvalue weighted by molar-refractivity contribution is 0.122. The van der Waals surface area contributed by atoms with Crippen LogP contribution in [0.4, 0.5) is 10.1 Å². The average molecular weight is 240 g/mol. The first-order chi connectivity index (χ1) is 8.24. The van der Waals surface area contributed by atoms with Gasteiger partial charge in [0.25, 0.3) is 0 Å². The molecule has 1 aromatic carbocycles. The molecule has 1 saturated heterocycles. The van der Waals surface area contributed by atoms with Crippen LogP contribution in [0.3, 0.4) is 0 Å². The van der Waals surface area contributed by atoms with Gasteiger partial charge in [0.2, 0.25) is 0 Å². The quantitative estimate of drug-likeness (QED) is 0.814. The Labute approximate surface area is 99.8 Å². The van der Waals surface area contributed by atoms with Crippen molar-refractivity contribution in [3.8, 4) is 0 Å². The number of aliphatic hydroxyl groups excluding tert-OH is 1. The predicted octanol–water partition coefficient (Wildman–Crippen LogP) is 0.654. The number of benzene rings is 1. The number of halogens is 1. The summed E-state index contributed by atoms with van der Waals surface area (Å²) in [6, 6.07) is 4.24. The van der Waals surface area contributed by atoms with Crippen LogP contribution in [0.2, 0.25) is 0 Å². The van der Waals surface area contributed by atoms with Gasteiger partial charge in [0.05, 0.1) is 31.5 Å². The summed E-state index contributed by atoms with van der Waals surface area (Å²) >= 11 is 0. The first-order valence-electron chi connectivity index (χ1n) is 5.71. The van der Waals surface area contributed by atoms with E-state index in [1.54, 1.807) is 12.1 Å². The Morgan fingerprint density at radius 2 is 2.12 bits per heavy atom. The van der Waals surface area contributed by atoms with E-state index in [4.69, 9.17) is 15.6 Å². The summed E-state index contributed by atoms with van der Waals surface area (Å²) in [5.74, 6) is -0.298. The minimum Gasteiger partial charge on any atom is -0.394 e. The highest BCUT2D eigenvalue weighted by Gasteiger charge is 2.21. The third-order valence-electron chi connectivity index (χ3n) is 2.94. The molecule has 2 rings (SSSR count). The molecule has 0 spiro atoms. The van der Waals surface area contributed by atoms with Crippen LogP contribution in [-0.2, 0) is 4.74 Å². The van der Waals surface area contributed by atoms with Gasteiger partial charge >= 0.3 is 0 Å². The Morgan fingerprint density at radius 3 is 2.76 bits per heavy atom. The van der Waals surface area contributed by atoms with Gasteiger partial charge in [-0.3, -0.25) is 0 Å². The van der Waals surface area contributed by atoms with Crippen molar-refractivity contribution in [3.63, 3.8) is 0 Å². The molecular weight excluding hydrogens is 223 g/mol. The maximum absolute atomic E-state index is 13.9. The highest BCUT2D eigenvalue weighted by Crippen LogP contribution is 2.28. The average Bonchev–Trinajstić information content (AvgIpc) is 2.38. The van der Waals surface area contributed by atoms with Crippen LogP contribution in [0.15, 0.2) is 18.2 Å². The minimum absolute atomic E-state index is 0.194. The summed E-state index contributed by atoms with van der Waals surface area (Å²) in [4.78, 5) is 1.92. The van der Waals surface area contributed by atoms with Gasteiger partial charge in [0.1, 0.15) is 5.82 Å². The molecule has 3 N–H and O–H groups in total. The van der Waals surface area contributed by atoms with Crippen LogP contribution in [0.5, 0.6) is 0 Å². The molecular formula is C12H17FN2O2. The molecule has 1 fully saturated rings. The number of aliphatic hydroxyl groups is 1. The Bertz CT molecular complexity index is 381. The Balaban J connectivity index is 2.35. The maximum Gasteiger partial charge on any atom is 0.146 e. The van der Waals surface area contributed by atoms with Crippen molar-refractivity contribution < 1.29 is 14.2 Å². The van der Waals surface area contributed by atoms with Crippen molar-refractivity contribution in [1.29, 1.82) is 0 Å². The highest BCUT2D eigenvalue weighted by atomic mass is 19.1. The normalized spacial score (nSPS) is 18.2. The van der Waals surface area contributed by atoms with E-state index < -0.39 is 6.04 Å². The monoisotopic (exact) mass is 240 g/mol. The van der Waals surface area contributed by atoms with Crippen molar-refractivity contribution in [1.82, 2.24) is 0 Å². The van der Waals surface area contributed by atoms with Crippen LogP contribution in [0.25, 0.3) is 0 Å². The van der Waals surface area contributed by atoms with Gasteiger partial charge in [-0.2, -0.15) is 0 Å². The Kier molecular flexibility index (Phi) is 3.93. The molecule has 1 aliphatic heterocycles. The zero-order valence-corrected chi connectivity index (χ0v) is 9.60. The van der Waals surface area contributed by atoms with Crippen LogP contribution in [0.1, 0.15) is 11.6 Å². The molecule has 5 heteroatoms. The van der Waals surface area contributed by atoms with E-state index in [-0.39, 0.29) is 12.4 Å². The molecule has 17 heavy (non-hydrogen) atoms. The van der Waals surface area contributed by atoms with Gasteiger partial charge in [-0.25, -0.2) is 4.39 Å². The number of rotatable bonds is 3. The van der Waals surface area contributed by atoms with Crippen molar-refractivity contribution >= 4 is 5.69 Å². The molecule has 0 radical (unpaired) electrons. The molecule has 0 amide bonds. The molecule has 1 aliphatic rings. The number of nitrogens with two attached hydrogens (primary N) is 1. The van der Waals surface area contributed by atoms with E-state index in [0.717, 1.165) is 0 Å². The zero-order valence-electron chi connectivity index (χ0n) is 9.60. The lowest BCUT2D eigenvalue weighted by Gasteiger charge is -2.31. The molecule has 4 nitrogen and oxygen atoms in total. The second kappa shape index (κ2) is 5.44. The summed E-state index contributed by atoms with van der Waals surface area (Å²) in [6.45, 7) is 2.27. The van der Waals surface area contributed by atoms with Crippen molar-refractivity contribution in [2.24, 2.45) is 5.73 Å². The van der Waals surface area contributed by atoms with Crippen molar-refractivity contribution in [2.45, 2.75) is 6.04 Å². The predicted molar refractivity (Wildman–Crippen MR) is 63.4 cm³/mol. The lowest BCUT2D eigenvalue weighted by atomic mass is 10.0. The minimum atomic E-state index is -0.552. The first kappa shape index (κ1) is 12.3. The van der Waals surface area contributed by atoms with E-state index in [2.05, 4.69) is 0 Å². The molecule has 1 atom stereocenters. The fourth-order valence-electron chi connectivity index (χ4n) is 2.05. The van der Waals surface area contributed by atoms with Gasteiger partial charge in [0.15, 0.2) is 0 Å². The summed E-state index contributed by atoms with van der Waals surface area (Å²) in [5.41, 5.74) is 6.94. The third kappa shape index (κ3) is 2.57. The summed E-state index contributed by atoms with van der Waals surface area (Å²) in [5, 5.41) is 9.11. The van der Waals surface area contributed by atoms with E-state index >= 15 is 0 Å². The standard InChI is InChI=1S/C12H17FN2O2/c13-10-3-1-2-9(11(14)8-16)12(10)15-4-6-17-7-5-15/h1-3,11,16H,4-8,14H2/t11-/m0/s1. The van der Waals surface area contributed by atoms with Gasteiger partial charge < -0.3 is 20.5 Å².